The van der Waals surface area contributed by atoms with E-state index < -0.39 is 10.8 Å². The van der Waals surface area contributed by atoms with Crippen LogP contribution in [-0.4, -0.2) is 18.4 Å². The monoisotopic (exact) mass is 228 g/mol. The lowest BCUT2D eigenvalue weighted by Crippen LogP contribution is -2.29. The van der Waals surface area contributed by atoms with Gasteiger partial charge in [0.2, 0.25) is 0 Å². The number of carbonyl (C=O) groups excluding carboxylic acids is 2. The van der Waals surface area contributed by atoms with E-state index in [9.17, 15) is 9.59 Å². The Morgan fingerprint density at radius 3 is 1.94 bits per heavy atom. The molecule has 0 aromatic rings. The van der Waals surface area contributed by atoms with Crippen molar-refractivity contribution in [2.24, 2.45) is 10.8 Å². The van der Waals surface area contributed by atoms with Crippen LogP contribution in [0.3, 0.4) is 0 Å². The number of esters is 1. The second-order valence-electron chi connectivity index (χ2n) is 5.56. The molecule has 0 aliphatic heterocycles. The van der Waals surface area contributed by atoms with Crippen molar-refractivity contribution in [3.05, 3.63) is 0 Å². The summed E-state index contributed by atoms with van der Waals surface area (Å²) in [5.74, 6) is -0.0624. The van der Waals surface area contributed by atoms with Gasteiger partial charge in [-0.05, 0) is 33.6 Å². The lowest BCUT2D eigenvalue weighted by molar-refractivity contribution is -0.155. The molecule has 0 N–H and O–H groups in total. The second-order valence-corrected chi connectivity index (χ2v) is 5.56. The molecule has 3 nitrogen and oxygen atoms in total. The van der Waals surface area contributed by atoms with Crippen LogP contribution in [0.25, 0.3) is 0 Å². The van der Waals surface area contributed by atoms with E-state index in [4.69, 9.17) is 4.74 Å². The molecule has 0 unspecified atom stereocenters. The Hall–Kier alpha value is -0.860. The van der Waals surface area contributed by atoms with Crippen molar-refractivity contribution in [2.45, 2.75) is 54.4 Å². The molecule has 0 saturated carbocycles. The largest absolute Gasteiger partial charge is 0.465 e. The first kappa shape index (κ1) is 15.1. The summed E-state index contributed by atoms with van der Waals surface area (Å²) in [7, 11) is 0. The summed E-state index contributed by atoms with van der Waals surface area (Å²) >= 11 is 0. The molecule has 0 atom stereocenters. The van der Waals surface area contributed by atoms with Gasteiger partial charge in [0.15, 0.2) is 0 Å². The number of rotatable bonds is 6. The Labute approximate surface area is 98.6 Å². The fraction of sp³-hybridized carbons (Fsp3) is 0.846. The van der Waals surface area contributed by atoms with Gasteiger partial charge in [-0.1, -0.05) is 20.8 Å². The molecule has 0 aromatic carbocycles. The number of hydrogen-bond donors (Lipinski definition) is 0. The minimum Gasteiger partial charge on any atom is -0.465 e. The average Bonchev–Trinajstić information content (AvgIpc) is 2.17. The number of ketones is 1. The van der Waals surface area contributed by atoms with E-state index in [1.807, 2.05) is 34.6 Å². The average molecular weight is 228 g/mol. The Kier molecular flexibility index (Phi) is 5.17. The van der Waals surface area contributed by atoms with Crippen LogP contribution in [0.1, 0.15) is 54.4 Å². The van der Waals surface area contributed by atoms with Crippen molar-refractivity contribution in [2.75, 3.05) is 6.61 Å². The van der Waals surface area contributed by atoms with Crippen LogP contribution >= 0.6 is 0 Å². The normalized spacial score (nSPS) is 12.4. The first-order valence-corrected chi connectivity index (χ1v) is 5.82. The topological polar surface area (TPSA) is 43.4 Å². The van der Waals surface area contributed by atoms with Gasteiger partial charge in [-0.25, -0.2) is 0 Å². The van der Waals surface area contributed by atoms with E-state index in [2.05, 4.69) is 0 Å². The first-order valence-electron chi connectivity index (χ1n) is 5.82. The number of Topliss-reactive ketones (excluding diaryl/α,β-unsaturated/α-hetero) is 1. The quantitative estimate of drug-likeness (QED) is 0.656. The molecule has 0 rings (SSSR count). The molecule has 16 heavy (non-hydrogen) atoms. The third kappa shape index (κ3) is 4.33. The Morgan fingerprint density at radius 1 is 1.06 bits per heavy atom. The summed E-state index contributed by atoms with van der Waals surface area (Å²) in [6.45, 7) is 11.3. The molecule has 0 radical (unpaired) electrons. The summed E-state index contributed by atoms with van der Waals surface area (Å²) in [5.41, 5.74) is -0.836. The maximum absolute atomic E-state index is 11.6. The fourth-order valence-electron chi connectivity index (χ4n) is 0.915. The van der Waals surface area contributed by atoms with Crippen molar-refractivity contribution >= 4 is 11.8 Å². The molecule has 0 aliphatic carbocycles. The van der Waals surface area contributed by atoms with E-state index in [0.717, 1.165) is 6.42 Å². The maximum Gasteiger partial charge on any atom is 0.311 e. The number of ether oxygens (including phenoxy) is 1. The van der Waals surface area contributed by atoms with Crippen LogP contribution in [0.2, 0.25) is 0 Å². The SMILES string of the molecule is CCC(C)(C)C(=O)OCCC(C)(C)C(C)=O. The number of carbonyl (C=O) groups is 2. The van der Waals surface area contributed by atoms with E-state index >= 15 is 0 Å². The van der Waals surface area contributed by atoms with Gasteiger partial charge in [0.05, 0.1) is 12.0 Å². The standard InChI is InChI=1S/C13H24O3/c1-7-12(3,4)11(15)16-9-8-13(5,6)10(2)14/h7-9H2,1-6H3. The molecule has 0 bridgehead atoms. The van der Waals surface area contributed by atoms with Crippen LogP contribution in [-0.2, 0) is 14.3 Å². The van der Waals surface area contributed by atoms with Gasteiger partial charge >= 0.3 is 5.97 Å². The highest BCUT2D eigenvalue weighted by molar-refractivity contribution is 5.81. The fourth-order valence-corrected chi connectivity index (χ4v) is 0.915. The van der Waals surface area contributed by atoms with Gasteiger partial charge in [0.1, 0.15) is 5.78 Å². The van der Waals surface area contributed by atoms with Gasteiger partial charge in [0, 0.05) is 5.41 Å². The Morgan fingerprint density at radius 2 is 1.56 bits per heavy atom. The van der Waals surface area contributed by atoms with E-state index in [1.54, 1.807) is 6.92 Å². The van der Waals surface area contributed by atoms with Crippen molar-refractivity contribution in [3.8, 4) is 0 Å². The summed E-state index contributed by atoms with van der Waals surface area (Å²) < 4.78 is 5.19. The van der Waals surface area contributed by atoms with Gasteiger partial charge < -0.3 is 4.74 Å². The van der Waals surface area contributed by atoms with Crippen molar-refractivity contribution in [1.82, 2.24) is 0 Å². The highest BCUT2D eigenvalue weighted by atomic mass is 16.5. The summed E-state index contributed by atoms with van der Waals surface area (Å²) in [6.07, 6.45) is 1.33. The Bertz CT molecular complexity index is 264. The smallest absolute Gasteiger partial charge is 0.311 e. The predicted octanol–water partition coefficient (Wildman–Crippen LogP) is 2.97. The minimum absolute atomic E-state index is 0.123. The predicted molar refractivity (Wildman–Crippen MR) is 64.1 cm³/mol. The lowest BCUT2D eigenvalue weighted by Gasteiger charge is -2.24. The zero-order valence-electron chi connectivity index (χ0n) is 11.3. The molecule has 0 aromatic heterocycles. The van der Waals surface area contributed by atoms with Crippen LogP contribution in [0, 0.1) is 10.8 Å². The molecule has 0 fully saturated rings. The second kappa shape index (κ2) is 5.46. The molecule has 0 spiro atoms. The van der Waals surface area contributed by atoms with E-state index in [1.165, 1.54) is 0 Å². The molecule has 0 amide bonds. The van der Waals surface area contributed by atoms with Crippen LogP contribution < -0.4 is 0 Å². The summed E-state index contributed by atoms with van der Waals surface area (Å²) in [4.78, 5) is 22.9. The number of hydrogen-bond acceptors (Lipinski definition) is 3. The summed E-state index contributed by atoms with van der Waals surface area (Å²) in [5, 5.41) is 0. The molecule has 94 valence electrons. The highest BCUT2D eigenvalue weighted by Gasteiger charge is 2.28. The first-order chi connectivity index (χ1) is 7.13. The van der Waals surface area contributed by atoms with E-state index in [0.29, 0.717) is 13.0 Å². The molecule has 0 aliphatic rings. The summed E-state index contributed by atoms with van der Waals surface area (Å²) in [6, 6.07) is 0. The van der Waals surface area contributed by atoms with E-state index in [-0.39, 0.29) is 11.8 Å². The third-order valence-corrected chi connectivity index (χ3v) is 3.35. The van der Waals surface area contributed by atoms with Gasteiger partial charge in [-0.2, -0.15) is 0 Å². The van der Waals surface area contributed by atoms with Gasteiger partial charge in [0.25, 0.3) is 0 Å². The molecule has 3 heteroatoms. The molecule has 0 saturated heterocycles. The van der Waals surface area contributed by atoms with Crippen LogP contribution in [0.15, 0.2) is 0 Å². The third-order valence-electron chi connectivity index (χ3n) is 3.35. The van der Waals surface area contributed by atoms with Crippen LogP contribution in [0.5, 0.6) is 0 Å². The minimum atomic E-state index is -0.430. The maximum atomic E-state index is 11.6. The zero-order valence-corrected chi connectivity index (χ0v) is 11.3. The van der Waals surface area contributed by atoms with Crippen molar-refractivity contribution in [3.63, 3.8) is 0 Å². The van der Waals surface area contributed by atoms with Crippen molar-refractivity contribution in [1.29, 1.82) is 0 Å². The molecule has 0 heterocycles. The van der Waals surface area contributed by atoms with Crippen molar-refractivity contribution < 1.29 is 14.3 Å². The molecular weight excluding hydrogens is 204 g/mol. The highest BCUT2D eigenvalue weighted by Crippen LogP contribution is 2.24. The van der Waals surface area contributed by atoms with Gasteiger partial charge in [-0.15, -0.1) is 0 Å². The lowest BCUT2D eigenvalue weighted by atomic mass is 9.85. The van der Waals surface area contributed by atoms with Gasteiger partial charge in [-0.3, -0.25) is 9.59 Å². The van der Waals surface area contributed by atoms with Crippen LogP contribution in [0.4, 0.5) is 0 Å². The Balaban J connectivity index is 4.10. The zero-order chi connectivity index (χ0) is 13.0. The molecular formula is C13H24O3.